The molecule has 2 aliphatic rings. The average Bonchev–Trinajstić information content (AvgIpc) is 3.27. The third kappa shape index (κ3) is 3.08. The summed E-state index contributed by atoms with van der Waals surface area (Å²) >= 11 is 0. The van der Waals surface area contributed by atoms with Crippen molar-refractivity contribution in [3.05, 3.63) is 35.9 Å². The molecule has 2 aromatic rings. The number of fused-ring (bicyclic) bond motifs is 1. The molecule has 1 N–H and O–H groups in total. The Morgan fingerprint density at radius 1 is 1.32 bits per heavy atom. The second kappa shape index (κ2) is 6.29. The normalized spacial score (nSPS) is 29.0. The highest BCUT2D eigenvalue weighted by atomic mass is 16.3. The maximum Gasteiger partial charge on any atom is 0.227 e. The quantitative estimate of drug-likeness (QED) is 0.900. The van der Waals surface area contributed by atoms with Crippen molar-refractivity contribution < 1.29 is 9.90 Å². The van der Waals surface area contributed by atoms with Gasteiger partial charge in [-0.25, -0.2) is 0 Å². The van der Waals surface area contributed by atoms with Gasteiger partial charge in [-0.3, -0.25) is 14.2 Å². The Bertz CT molecular complexity index is 754. The van der Waals surface area contributed by atoms with Crippen LogP contribution < -0.4 is 0 Å². The van der Waals surface area contributed by atoms with Gasteiger partial charge in [-0.05, 0) is 37.7 Å². The van der Waals surface area contributed by atoms with Gasteiger partial charge < -0.3 is 10.0 Å². The Labute approximate surface area is 147 Å². The highest BCUT2D eigenvalue weighted by molar-refractivity contribution is 5.79. The lowest BCUT2D eigenvalue weighted by molar-refractivity contribution is -0.129. The van der Waals surface area contributed by atoms with Gasteiger partial charge in [-0.15, -0.1) is 0 Å². The van der Waals surface area contributed by atoms with Crippen LogP contribution in [0.4, 0.5) is 0 Å². The van der Waals surface area contributed by atoms with Crippen molar-refractivity contribution in [1.29, 1.82) is 0 Å². The van der Waals surface area contributed by atoms with E-state index < -0.39 is 6.10 Å². The van der Waals surface area contributed by atoms with Crippen LogP contribution in [0.3, 0.4) is 0 Å². The summed E-state index contributed by atoms with van der Waals surface area (Å²) in [6.45, 7) is 3.48. The maximum absolute atomic E-state index is 12.7. The van der Waals surface area contributed by atoms with Crippen molar-refractivity contribution >= 4 is 5.91 Å². The molecule has 1 amide bonds. The molecule has 2 aromatic heterocycles. The second-order valence-electron chi connectivity index (χ2n) is 7.50. The lowest BCUT2D eigenvalue weighted by atomic mass is 9.77. The van der Waals surface area contributed by atoms with E-state index in [1.165, 1.54) is 0 Å². The minimum Gasteiger partial charge on any atom is -0.391 e. The van der Waals surface area contributed by atoms with Crippen molar-refractivity contribution in [2.24, 2.45) is 18.9 Å². The summed E-state index contributed by atoms with van der Waals surface area (Å²) in [5.41, 5.74) is 1.92. The minimum atomic E-state index is -0.392. The summed E-state index contributed by atoms with van der Waals surface area (Å²) in [4.78, 5) is 14.7. The molecule has 1 aliphatic carbocycles. The van der Waals surface area contributed by atoms with Gasteiger partial charge in [0, 0.05) is 44.3 Å². The lowest BCUT2D eigenvalue weighted by Crippen LogP contribution is -2.36. The molecular weight excluding hydrogens is 318 g/mol. The van der Waals surface area contributed by atoms with Gasteiger partial charge in [0.2, 0.25) is 5.91 Å². The SMILES string of the molecule is Cc1nn(C)cc1CC(=O)N1C[C@H]2C[C@@H](n3cccn3)[C@H](O)C[C@H]2C1. The molecule has 7 nitrogen and oxygen atoms in total. The number of aliphatic hydroxyl groups excluding tert-OH is 1. The largest absolute Gasteiger partial charge is 0.391 e. The minimum absolute atomic E-state index is 0.0202. The van der Waals surface area contributed by atoms with Gasteiger partial charge in [0.1, 0.15) is 0 Å². The Kier molecular flexibility index (Phi) is 4.11. The number of rotatable bonds is 3. The Balaban J connectivity index is 1.42. The van der Waals surface area contributed by atoms with Crippen molar-refractivity contribution in [2.75, 3.05) is 13.1 Å². The first-order valence-corrected chi connectivity index (χ1v) is 8.95. The predicted molar refractivity (Wildman–Crippen MR) is 91.7 cm³/mol. The van der Waals surface area contributed by atoms with Gasteiger partial charge in [0.15, 0.2) is 0 Å². The van der Waals surface area contributed by atoms with Crippen molar-refractivity contribution in [3.8, 4) is 0 Å². The molecule has 3 heterocycles. The molecule has 25 heavy (non-hydrogen) atoms. The number of aryl methyl sites for hydroxylation is 2. The third-order valence-corrected chi connectivity index (χ3v) is 5.78. The second-order valence-corrected chi connectivity index (χ2v) is 7.50. The first-order valence-electron chi connectivity index (χ1n) is 8.95. The molecule has 1 saturated heterocycles. The van der Waals surface area contributed by atoms with Gasteiger partial charge in [-0.2, -0.15) is 10.2 Å². The molecule has 0 aromatic carbocycles. The number of amides is 1. The van der Waals surface area contributed by atoms with Crippen molar-refractivity contribution in [1.82, 2.24) is 24.5 Å². The molecule has 1 aliphatic heterocycles. The summed E-state index contributed by atoms with van der Waals surface area (Å²) in [5.74, 6) is 0.993. The van der Waals surface area contributed by atoms with E-state index in [2.05, 4.69) is 10.2 Å². The molecular formula is C18H25N5O2. The first kappa shape index (κ1) is 16.3. The number of carbonyl (C=O) groups excluding carboxylic acids is 1. The number of nitrogens with zero attached hydrogens (tertiary/aromatic N) is 5. The van der Waals surface area contributed by atoms with E-state index >= 15 is 0 Å². The monoisotopic (exact) mass is 343 g/mol. The fraction of sp³-hybridized carbons (Fsp3) is 0.611. The molecule has 4 atom stereocenters. The van der Waals surface area contributed by atoms with Crippen LogP contribution in [0.1, 0.15) is 30.1 Å². The van der Waals surface area contributed by atoms with E-state index in [4.69, 9.17) is 0 Å². The van der Waals surface area contributed by atoms with Gasteiger partial charge in [-0.1, -0.05) is 0 Å². The Morgan fingerprint density at radius 2 is 2.08 bits per heavy atom. The van der Waals surface area contributed by atoms with E-state index in [0.29, 0.717) is 18.3 Å². The van der Waals surface area contributed by atoms with E-state index in [0.717, 1.165) is 37.2 Å². The van der Waals surface area contributed by atoms with Gasteiger partial charge >= 0.3 is 0 Å². The zero-order valence-corrected chi connectivity index (χ0v) is 14.7. The maximum atomic E-state index is 12.7. The topological polar surface area (TPSA) is 76.2 Å². The van der Waals surface area contributed by atoms with Gasteiger partial charge in [0.25, 0.3) is 0 Å². The summed E-state index contributed by atoms with van der Waals surface area (Å²) in [6, 6.07) is 1.91. The third-order valence-electron chi connectivity index (χ3n) is 5.78. The highest BCUT2D eigenvalue weighted by Gasteiger charge is 2.43. The fourth-order valence-corrected chi connectivity index (χ4v) is 4.47. The molecule has 2 fully saturated rings. The van der Waals surface area contributed by atoms with Crippen LogP contribution in [0.2, 0.25) is 0 Å². The molecule has 0 unspecified atom stereocenters. The molecule has 7 heteroatoms. The zero-order valence-electron chi connectivity index (χ0n) is 14.7. The number of likely N-dealkylation sites (tertiary alicyclic amines) is 1. The average molecular weight is 343 g/mol. The molecule has 0 radical (unpaired) electrons. The summed E-state index contributed by atoms with van der Waals surface area (Å²) in [6.07, 6.45) is 7.22. The number of carbonyl (C=O) groups is 1. The van der Waals surface area contributed by atoms with Crippen molar-refractivity contribution in [3.63, 3.8) is 0 Å². The van der Waals surface area contributed by atoms with E-state index in [9.17, 15) is 9.90 Å². The molecule has 134 valence electrons. The van der Waals surface area contributed by atoms with E-state index in [1.54, 1.807) is 10.9 Å². The van der Waals surface area contributed by atoms with Crippen LogP contribution in [0.25, 0.3) is 0 Å². The van der Waals surface area contributed by atoms with Crippen molar-refractivity contribution in [2.45, 2.75) is 38.3 Å². The predicted octanol–water partition coefficient (Wildman–Crippen LogP) is 0.938. The highest BCUT2D eigenvalue weighted by Crippen LogP contribution is 2.41. The van der Waals surface area contributed by atoms with Crippen LogP contribution in [0.15, 0.2) is 24.7 Å². The number of hydrogen-bond donors (Lipinski definition) is 1. The first-order chi connectivity index (χ1) is 12.0. The summed E-state index contributed by atoms with van der Waals surface area (Å²) in [5, 5.41) is 19.1. The zero-order chi connectivity index (χ0) is 17.6. The Hall–Kier alpha value is -2.15. The smallest absolute Gasteiger partial charge is 0.227 e. The number of hydrogen-bond acceptors (Lipinski definition) is 4. The standard InChI is InChI=1S/C18H25N5O2/c1-12-13(9-21(2)20-12)8-18(25)22-10-14-6-16(23-5-3-4-19-23)17(24)7-15(14)11-22/h3-5,9,14-17,24H,6-8,10-11H2,1-2H3/t14-,15+,16-,17-/m1/s1. The lowest BCUT2D eigenvalue weighted by Gasteiger charge is -2.35. The van der Waals surface area contributed by atoms with Crippen LogP contribution in [-0.2, 0) is 18.3 Å². The van der Waals surface area contributed by atoms with Crippen LogP contribution in [0, 0.1) is 18.8 Å². The fourth-order valence-electron chi connectivity index (χ4n) is 4.47. The molecule has 1 saturated carbocycles. The van der Waals surface area contributed by atoms with Crippen LogP contribution >= 0.6 is 0 Å². The van der Waals surface area contributed by atoms with Gasteiger partial charge in [0.05, 0.1) is 24.3 Å². The van der Waals surface area contributed by atoms with E-state index in [-0.39, 0.29) is 11.9 Å². The summed E-state index contributed by atoms with van der Waals surface area (Å²) in [7, 11) is 1.88. The van der Waals surface area contributed by atoms with Crippen LogP contribution in [-0.4, -0.2) is 54.7 Å². The molecule has 0 bridgehead atoms. The molecule has 4 rings (SSSR count). The van der Waals surface area contributed by atoms with E-state index in [1.807, 2.05) is 42.0 Å². The van der Waals surface area contributed by atoms with Crippen LogP contribution in [0.5, 0.6) is 0 Å². The summed E-state index contributed by atoms with van der Waals surface area (Å²) < 4.78 is 3.62. The Morgan fingerprint density at radius 3 is 2.72 bits per heavy atom. The number of aliphatic hydroxyl groups is 1. The molecule has 0 spiro atoms. The number of aromatic nitrogens is 4.